The van der Waals surface area contributed by atoms with Crippen LogP contribution in [0.1, 0.15) is 34.6 Å². The summed E-state index contributed by atoms with van der Waals surface area (Å²) in [6, 6.07) is 3.62. The van der Waals surface area contributed by atoms with Crippen LogP contribution in [-0.2, 0) is 19.4 Å². The topological polar surface area (TPSA) is 55.2 Å². The van der Waals surface area contributed by atoms with E-state index in [9.17, 15) is 9.59 Å². The van der Waals surface area contributed by atoms with Gasteiger partial charge in [0.1, 0.15) is 5.69 Å². The molecule has 120 valence electrons. The molecule has 0 N–H and O–H groups in total. The molecule has 6 heteroatoms. The number of hydrogen-bond acceptors (Lipinski definition) is 4. The van der Waals surface area contributed by atoms with Gasteiger partial charge in [-0.1, -0.05) is 6.07 Å². The summed E-state index contributed by atoms with van der Waals surface area (Å²) in [6.45, 7) is 2.17. The van der Waals surface area contributed by atoms with Crippen molar-refractivity contribution in [2.24, 2.45) is 5.92 Å². The smallest absolute Gasteiger partial charge is 0.273 e. The molecule has 0 bridgehead atoms. The molecule has 2 aromatic heterocycles. The third kappa shape index (κ3) is 2.95. The zero-order valence-electron chi connectivity index (χ0n) is 12.9. The summed E-state index contributed by atoms with van der Waals surface area (Å²) < 4.78 is 1.95. The zero-order valence-corrected chi connectivity index (χ0v) is 13.7. The number of hydrogen-bond donors (Lipinski definition) is 0. The summed E-state index contributed by atoms with van der Waals surface area (Å²) >= 11 is 1.44. The Hall–Kier alpha value is -1.95. The average Bonchev–Trinajstić information content (AvgIpc) is 3.26. The molecule has 0 saturated heterocycles. The minimum absolute atomic E-state index is 0.00449. The van der Waals surface area contributed by atoms with E-state index in [0.29, 0.717) is 24.7 Å². The lowest BCUT2D eigenvalue weighted by atomic mass is 10.1. The lowest BCUT2D eigenvalue weighted by Crippen LogP contribution is -2.33. The first-order valence-electron chi connectivity index (χ1n) is 8.11. The number of aromatic nitrogens is 2. The van der Waals surface area contributed by atoms with Crippen molar-refractivity contribution < 1.29 is 4.79 Å². The van der Waals surface area contributed by atoms with Crippen molar-refractivity contribution in [1.29, 1.82) is 0 Å². The molecule has 4 rings (SSSR count). The Balaban J connectivity index is 1.58. The van der Waals surface area contributed by atoms with Gasteiger partial charge in [0.25, 0.3) is 11.5 Å². The lowest BCUT2D eigenvalue weighted by Gasteiger charge is -2.19. The summed E-state index contributed by atoms with van der Waals surface area (Å²) in [5, 5.41) is 1.80. The molecule has 0 radical (unpaired) electrons. The van der Waals surface area contributed by atoms with Gasteiger partial charge < -0.3 is 9.47 Å². The van der Waals surface area contributed by atoms with Crippen molar-refractivity contribution >= 4 is 17.2 Å². The first-order chi connectivity index (χ1) is 11.2. The minimum atomic E-state index is -0.00449. The van der Waals surface area contributed by atoms with Crippen molar-refractivity contribution in [3.05, 3.63) is 50.3 Å². The van der Waals surface area contributed by atoms with Crippen LogP contribution in [0.15, 0.2) is 27.8 Å². The minimum Gasteiger partial charge on any atom is -0.337 e. The predicted molar refractivity (Wildman–Crippen MR) is 88.9 cm³/mol. The van der Waals surface area contributed by atoms with Gasteiger partial charge in [-0.3, -0.25) is 9.59 Å². The highest BCUT2D eigenvalue weighted by molar-refractivity contribution is 7.07. The first kappa shape index (κ1) is 14.6. The molecule has 0 atom stereocenters. The number of carbonyl (C=O) groups excluding carboxylic acids is 1. The fourth-order valence-electron chi connectivity index (χ4n) is 3.24. The van der Waals surface area contributed by atoms with Crippen molar-refractivity contribution in [1.82, 2.24) is 14.5 Å². The fourth-order valence-corrected chi connectivity index (χ4v) is 3.76. The van der Waals surface area contributed by atoms with Gasteiger partial charge in [-0.15, -0.1) is 11.3 Å². The van der Waals surface area contributed by atoms with Crippen LogP contribution in [0.3, 0.4) is 0 Å². The van der Waals surface area contributed by atoms with E-state index < -0.39 is 0 Å². The molecule has 0 aromatic carbocycles. The molecule has 5 nitrogen and oxygen atoms in total. The highest BCUT2D eigenvalue weighted by Crippen LogP contribution is 2.31. The van der Waals surface area contributed by atoms with E-state index in [0.717, 1.165) is 25.1 Å². The number of carbonyl (C=O) groups is 1. The molecule has 2 aliphatic rings. The second-order valence-corrected chi connectivity index (χ2v) is 7.08. The summed E-state index contributed by atoms with van der Waals surface area (Å²) in [6.07, 6.45) is 4.00. The summed E-state index contributed by atoms with van der Waals surface area (Å²) in [5.74, 6) is 0.658. The Labute approximate surface area is 138 Å². The van der Waals surface area contributed by atoms with Crippen LogP contribution < -0.4 is 5.56 Å². The number of nitrogens with zero attached hydrogens (tertiary/aromatic N) is 3. The molecule has 3 heterocycles. The Kier molecular flexibility index (Phi) is 3.77. The number of pyridine rings is 1. The van der Waals surface area contributed by atoms with E-state index in [2.05, 4.69) is 4.98 Å². The Morgan fingerprint density at radius 1 is 1.26 bits per heavy atom. The highest BCUT2D eigenvalue weighted by Gasteiger charge is 2.26. The molecule has 1 saturated carbocycles. The number of fused-ring (bicyclic) bond motifs is 1. The number of amides is 1. The normalized spacial score (nSPS) is 17.7. The van der Waals surface area contributed by atoms with E-state index in [1.165, 1.54) is 29.7 Å². The molecule has 2 aromatic rings. The number of thiazole rings is 1. The van der Waals surface area contributed by atoms with Crippen LogP contribution in [0, 0.1) is 5.92 Å². The molecule has 23 heavy (non-hydrogen) atoms. The van der Waals surface area contributed by atoms with Gasteiger partial charge in [0.15, 0.2) is 0 Å². The van der Waals surface area contributed by atoms with E-state index in [1.807, 2.05) is 15.5 Å². The fraction of sp³-hybridized carbons (Fsp3) is 0.471. The Bertz CT molecular complexity index is 778. The van der Waals surface area contributed by atoms with Crippen LogP contribution >= 0.6 is 11.3 Å². The van der Waals surface area contributed by atoms with Crippen molar-refractivity contribution in [2.75, 3.05) is 13.1 Å². The standard InChI is InChI=1S/C17H19N3O2S/c21-16-4-3-13-5-7-19(17(22)14-10-23-11-18-14)8-6-15(13)20(16)9-12-1-2-12/h3-4,10-12H,1-2,5-9H2. The van der Waals surface area contributed by atoms with E-state index in [1.54, 1.807) is 17.0 Å². The van der Waals surface area contributed by atoms with Gasteiger partial charge in [-0.25, -0.2) is 4.98 Å². The van der Waals surface area contributed by atoms with Crippen LogP contribution in [0.5, 0.6) is 0 Å². The monoisotopic (exact) mass is 329 g/mol. The molecular weight excluding hydrogens is 310 g/mol. The van der Waals surface area contributed by atoms with E-state index >= 15 is 0 Å². The molecule has 0 spiro atoms. The zero-order chi connectivity index (χ0) is 15.8. The third-order valence-electron chi connectivity index (χ3n) is 4.74. The largest absolute Gasteiger partial charge is 0.337 e. The Morgan fingerprint density at radius 2 is 2.09 bits per heavy atom. The first-order valence-corrected chi connectivity index (χ1v) is 9.05. The predicted octanol–water partition coefficient (Wildman–Crippen LogP) is 1.96. The van der Waals surface area contributed by atoms with Gasteiger partial charge in [0, 0.05) is 43.2 Å². The van der Waals surface area contributed by atoms with E-state index in [-0.39, 0.29) is 11.5 Å². The van der Waals surface area contributed by atoms with Crippen molar-refractivity contribution in [3.8, 4) is 0 Å². The number of rotatable bonds is 3. The van der Waals surface area contributed by atoms with Crippen molar-refractivity contribution in [3.63, 3.8) is 0 Å². The SMILES string of the molecule is O=C(c1cscn1)N1CCc2ccc(=O)n(CC3CC3)c2CC1. The van der Waals surface area contributed by atoms with Crippen LogP contribution in [-0.4, -0.2) is 33.4 Å². The molecule has 1 fully saturated rings. The maximum atomic E-state index is 12.5. The maximum absolute atomic E-state index is 12.5. The maximum Gasteiger partial charge on any atom is 0.273 e. The van der Waals surface area contributed by atoms with Gasteiger partial charge >= 0.3 is 0 Å². The van der Waals surface area contributed by atoms with Crippen LogP contribution in [0.4, 0.5) is 0 Å². The second-order valence-electron chi connectivity index (χ2n) is 6.36. The van der Waals surface area contributed by atoms with Gasteiger partial charge in [-0.2, -0.15) is 0 Å². The molecule has 1 aliphatic heterocycles. The van der Waals surface area contributed by atoms with Crippen LogP contribution in [0.2, 0.25) is 0 Å². The molecule has 0 unspecified atom stereocenters. The summed E-state index contributed by atoms with van der Waals surface area (Å²) in [7, 11) is 0. The summed E-state index contributed by atoms with van der Waals surface area (Å²) in [5.41, 5.74) is 4.63. The molecule has 1 amide bonds. The van der Waals surface area contributed by atoms with E-state index in [4.69, 9.17) is 0 Å². The lowest BCUT2D eigenvalue weighted by molar-refractivity contribution is 0.0757. The third-order valence-corrected chi connectivity index (χ3v) is 5.32. The van der Waals surface area contributed by atoms with Crippen LogP contribution in [0.25, 0.3) is 0 Å². The summed E-state index contributed by atoms with van der Waals surface area (Å²) in [4.78, 5) is 30.7. The van der Waals surface area contributed by atoms with Gasteiger partial charge in [-0.05, 0) is 30.7 Å². The average molecular weight is 329 g/mol. The second kappa shape index (κ2) is 5.92. The molecular formula is C17H19N3O2S. The molecule has 1 aliphatic carbocycles. The van der Waals surface area contributed by atoms with Gasteiger partial charge in [0.05, 0.1) is 5.51 Å². The van der Waals surface area contributed by atoms with Gasteiger partial charge in [0.2, 0.25) is 0 Å². The highest BCUT2D eigenvalue weighted by atomic mass is 32.1. The Morgan fingerprint density at radius 3 is 2.83 bits per heavy atom. The quantitative estimate of drug-likeness (QED) is 0.865. The van der Waals surface area contributed by atoms with Crippen molar-refractivity contribution in [2.45, 2.75) is 32.2 Å².